The summed E-state index contributed by atoms with van der Waals surface area (Å²) >= 11 is 1.85. The Kier molecular flexibility index (Phi) is 3.97. The third kappa shape index (κ3) is 2.38. The van der Waals surface area contributed by atoms with Gasteiger partial charge in [-0.2, -0.15) is 11.8 Å². The van der Waals surface area contributed by atoms with Crippen molar-refractivity contribution in [1.82, 2.24) is 4.98 Å². The van der Waals surface area contributed by atoms with Crippen molar-refractivity contribution in [2.24, 2.45) is 0 Å². The fraction of sp³-hybridized carbons (Fsp3) is 0.357. The molecule has 0 bridgehead atoms. The lowest BCUT2D eigenvalue weighted by Gasteiger charge is -2.28. The quantitative estimate of drug-likeness (QED) is 0.859. The maximum Gasteiger partial charge on any atom is 0.0724 e. The maximum absolute atomic E-state index is 6.27. The van der Waals surface area contributed by atoms with E-state index in [4.69, 9.17) is 5.73 Å². The number of hydrogen-bond acceptors (Lipinski definition) is 4. The topological polar surface area (TPSA) is 42.2 Å². The first-order valence-corrected chi connectivity index (χ1v) is 7.39. The summed E-state index contributed by atoms with van der Waals surface area (Å²) in [5.41, 5.74) is 9.11. The maximum atomic E-state index is 6.27. The molecule has 2 N–H and O–H groups in total. The summed E-state index contributed by atoms with van der Waals surface area (Å²) in [7, 11) is 2.09. The molecule has 4 heteroatoms. The van der Waals surface area contributed by atoms with Crippen LogP contribution >= 0.6 is 11.8 Å². The monoisotopic (exact) mass is 261 g/mol. The van der Waals surface area contributed by atoms with Gasteiger partial charge in [0.2, 0.25) is 0 Å². The molecular weight excluding hydrogens is 242 g/mol. The van der Waals surface area contributed by atoms with Gasteiger partial charge in [0, 0.05) is 30.4 Å². The van der Waals surface area contributed by atoms with Crippen molar-refractivity contribution in [3.63, 3.8) is 0 Å². The first kappa shape index (κ1) is 13.0. The summed E-state index contributed by atoms with van der Waals surface area (Å²) < 4.78 is 0. The zero-order valence-corrected chi connectivity index (χ0v) is 11.9. The van der Waals surface area contributed by atoms with E-state index in [-0.39, 0.29) is 0 Å². The average Bonchev–Trinajstić information content (AvgIpc) is 2.39. The minimum absolute atomic E-state index is 0.455. The fourth-order valence-electron chi connectivity index (χ4n) is 2.06. The zero-order chi connectivity index (χ0) is 13.1. The third-order valence-corrected chi connectivity index (χ3v) is 4.07. The molecule has 0 fully saturated rings. The summed E-state index contributed by atoms with van der Waals surface area (Å²) in [6.45, 7) is 2.21. The molecule has 0 spiro atoms. The van der Waals surface area contributed by atoms with Crippen LogP contribution in [0.5, 0.6) is 0 Å². The minimum Gasteiger partial charge on any atom is -0.396 e. The van der Waals surface area contributed by atoms with E-state index >= 15 is 0 Å². The highest BCUT2D eigenvalue weighted by Crippen LogP contribution is 2.31. The number of aromatic nitrogens is 1. The number of nitrogens with two attached hydrogens (primary N) is 1. The fourth-order valence-corrected chi connectivity index (χ4v) is 2.77. The number of benzene rings is 1. The highest BCUT2D eigenvalue weighted by Gasteiger charge is 2.13. The molecule has 1 atom stereocenters. The highest BCUT2D eigenvalue weighted by molar-refractivity contribution is 7.98. The number of pyridine rings is 1. The van der Waals surface area contributed by atoms with E-state index in [0.29, 0.717) is 6.04 Å². The molecule has 1 unspecified atom stereocenters. The number of hydrogen-bond donors (Lipinski definition) is 1. The Labute approximate surface area is 112 Å². The molecule has 3 nitrogen and oxygen atoms in total. The molecule has 0 radical (unpaired) electrons. The van der Waals surface area contributed by atoms with Crippen LogP contribution in [-0.4, -0.2) is 30.1 Å². The average molecular weight is 261 g/mol. The van der Waals surface area contributed by atoms with Gasteiger partial charge >= 0.3 is 0 Å². The van der Waals surface area contributed by atoms with Gasteiger partial charge in [0.15, 0.2) is 0 Å². The van der Waals surface area contributed by atoms with E-state index in [1.54, 1.807) is 6.20 Å². The van der Waals surface area contributed by atoms with E-state index in [2.05, 4.69) is 36.2 Å². The Morgan fingerprint density at radius 3 is 2.89 bits per heavy atom. The summed E-state index contributed by atoms with van der Waals surface area (Å²) in [5.74, 6) is 1.08. The number of fused-ring (bicyclic) bond motifs is 1. The van der Waals surface area contributed by atoms with E-state index in [1.165, 1.54) is 0 Å². The molecule has 96 valence electrons. The molecule has 2 aromatic rings. The van der Waals surface area contributed by atoms with Crippen LogP contribution in [0.25, 0.3) is 10.9 Å². The molecule has 18 heavy (non-hydrogen) atoms. The van der Waals surface area contributed by atoms with Crippen molar-refractivity contribution in [2.75, 3.05) is 29.7 Å². The van der Waals surface area contributed by atoms with Crippen LogP contribution in [0.15, 0.2) is 30.5 Å². The van der Waals surface area contributed by atoms with Crippen molar-refractivity contribution in [1.29, 1.82) is 0 Å². The van der Waals surface area contributed by atoms with Gasteiger partial charge in [-0.3, -0.25) is 4.98 Å². The lowest BCUT2D eigenvalue weighted by molar-refractivity contribution is 0.767. The highest BCUT2D eigenvalue weighted by atomic mass is 32.2. The second-order valence-corrected chi connectivity index (χ2v) is 5.39. The smallest absolute Gasteiger partial charge is 0.0724 e. The lowest BCUT2D eigenvalue weighted by atomic mass is 10.1. The molecule has 0 aliphatic heterocycles. The molecule has 0 amide bonds. The van der Waals surface area contributed by atoms with E-state index in [1.807, 2.05) is 30.0 Å². The van der Waals surface area contributed by atoms with Gasteiger partial charge in [-0.05, 0) is 37.4 Å². The second-order valence-electron chi connectivity index (χ2n) is 4.48. The molecule has 1 aromatic carbocycles. The van der Waals surface area contributed by atoms with Gasteiger partial charge in [-0.15, -0.1) is 0 Å². The number of anilines is 2. The molecule has 1 heterocycles. The van der Waals surface area contributed by atoms with Crippen LogP contribution in [0.2, 0.25) is 0 Å². The van der Waals surface area contributed by atoms with Crippen molar-refractivity contribution in [3.8, 4) is 0 Å². The van der Waals surface area contributed by atoms with Gasteiger partial charge in [0.05, 0.1) is 16.9 Å². The van der Waals surface area contributed by atoms with E-state index in [0.717, 1.165) is 28.0 Å². The Balaban J connectivity index is 2.42. The van der Waals surface area contributed by atoms with E-state index < -0.39 is 0 Å². The largest absolute Gasteiger partial charge is 0.396 e. The summed E-state index contributed by atoms with van der Waals surface area (Å²) in [4.78, 5) is 6.56. The Morgan fingerprint density at radius 2 is 2.17 bits per heavy atom. The summed E-state index contributed by atoms with van der Waals surface area (Å²) in [6.07, 6.45) is 3.92. The van der Waals surface area contributed by atoms with Crippen molar-refractivity contribution < 1.29 is 0 Å². The Morgan fingerprint density at radius 1 is 1.39 bits per heavy atom. The van der Waals surface area contributed by atoms with Crippen molar-refractivity contribution in [2.45, 2.75) is 13.0 Å². The summed E-state index contributed by atoms with van der Waals surface area (Å²) in [6, 6.07) is 8.49. The first-order valence-electron chi connectivity index (χ1n) is 6.00. The van der Waals surface area contributed by atoms with Crippen LogP contribution in [0.1, 0.15) is 6.92 Å². The first-order chi connectivity index (χ1) is 8.65. The Bertz CT molecular complexity index is 542. The molecule has 1 aromatic heterocycles. The normalized spacial score (nSPS) is 12.6. The molecule has 0 saturated carbocycles. The second kappa shape index (κ2) is 5.48. The number of thioether (sulfide) groups is 1. The number of rotatable bonds is 4. The third-order valence-electron chi connectivity index (χ3n) is 3.25. The van der Waals surface area contributed by atoms with Gasteiger partial charge in [-0.25, -0.2) is 0 Å². The van der Waals surface area contributed by atoms with Crippen LogP contribution in [-0.2, 0) is 0 Å². The molecule has 2 rings (SSSR count). The SMILES string of the molecule is CSCC(C)N(C)c1ccc2ncccc2c1N. The lowest BCUT2D eigenvalue weighted by Crippen LogP contribution is -2.31. The number of nitrogen functional groups attached to an aromatic ring is 1. The summed E-state index contributed by atoms with van der Waals surface area (Å²) in [5, 5.41) is 1.03. The van der Waals surface area contributed by atoms with Crippen LogP contribution in [0, 0.1) is 0 Å². The van der Waals surface area contributed by atoms with Gasteiger partial charge in [0.1, 0.15) is 0 Å². The standard InChI is InChI=1S/C14H19N3S/c1-10(9-18-3)17(2)13-7-6-12-11(14(13)15)5-4-8-16-12/h4-8,10H,9,15H2,1-3H3. The minimum atomic E-state index is 0.455. The van der Waals surface area contributed by atoms with Crippen LogP contribution < -0.4 is 10.6 Å². The van der Waals surface area contributed by atoms with Gasteiger partial charge < -0.3 is 10.6 Å². The molecule has 0 aliphatic rings. The van der Waals surface area contributed by atoms with Crippen molar-refractivity contribution in [3.05, 3.63) is 30.5 Å². The number of nitrogens with zero attached hydrogens (tertiary/aromatic N) is 2. The van der Waals surface area contributed by atoms with Gasteiger partial charge in [0.25, 0.3) is 0 Å². The zero-order valence-electron chi connectivity index (χ0n) is 11.1. The van der Waals surface area contributed by atoms with Crippen LogP contribution in [0.4, 0.5) is 11.4 Å². The molecular formula is C14H19N3S. The van der Waals surface area contributed by atoms with E-state index in [9.17, 15) is 0 Å². The van der Waals surface area contributed by atoms with Crippen LogP contribution in [0.3, 0.4) is 0 Å². The predicted molar refractivity (Wildman–Crippen MR) is 82.4 cm³/mol. The van der Waals surface area contributed by atoms with Gasteiger partial charge in [-0.1, -0.05) is 0 Å². The predicted octanol–water partition coefficient (Wildman–Crippen LogP) is 3.00. The molecule has 0 aliphatic carbocycles. The van der Waals surface area contributed by atoms with Crippen molar-refractivity contribution >= 4 is 34.0 Å². The molecule has 0 saturated heterocycles. The Hall–Kier alpha value is -1.42.